The number of methoxy groups -OCH3 is 6. The van der Waals surface area contributed by atoms with E-state index in [0.717, 1.165) is 217 Å². The fourth-order valence-corrected chi connectivity index (χ4v) is 18.1. The third kappa shape index (κ3) is 30.7. The Bertz CT molecular complexity index is 6200. The molecule has 5 atom stereocenters. The Labute approximate surface area is 853 Å². The van der Waals surface area contributed by atoms with Crippen LogP contribution in [0.15, 0.2) is 187 Å². The van der Waals surface area contributed by atoms with E-state index in [4.69, 9.17) is 62.3 Å². The van der Waals surface area contributed by atoms with Crippen molar-refractivity contribution in [2.45, 2.75) is 205 Å². The van der Waals surface area contributed by atoms with Crippen LogP contribution >= 0.6 is 34.2 Å². The van der Waals surface area contributed by atoms with Gasteiger partial charge in [0.2, 0.25) is 29.2 Å². The number of aliphatic hydroxyl groups is 2. The highest BCUT2D eigenvalue weighted by atomic mass is 127. The lowest BCUT2D eigenvalue weighted by atomic mass is 9.88. The number of carbonyl (C=O) groups is 4. The van der Waals surface area contributed by atoms with Crippen LogP contribution in [-0.4, -0.2) is 134 Å². The summed E-state index contributed by atoms with van der Waals surface area (Å²) in [6, 6.07) is 50.9. The van der Waals surface area contributed by atoms with Crippen molar-refractivity contribution < 1.29 is 76.1 Å². The van der Waals surface area contributed by atoms with Gasteiger partial charge in [-0.3, -0.25) is 24.0 Å². The summed E-state index contributed by atoms with van der Waals surface area (Å²) in [6.07, 6.45) is 36.1. The molecule has 143 heavy (non-hydrogen) atoms. The zero-order chi connectivity index (χ0) is 102. The maximum Gasteiger partial charge on any atom is 0.248 e. The lowest BCUT2D eigenvalue weighted by molar-refractivity contribution is -0.121. The number of unbranched alkanes of at least 4 members (excludes halogenated alkanes) is 6. The normalized spacial score (nSPS) is 15.8. The SMILES string of the molecule is C#CCCCCC1Cc2cccc(OC)c2NC1=O.C#CCCCCI.CC[C@@](O)(Cn1nncc1CCCCC1Cc2cccc(OC)c2NC1=O)c1ccc(F)c(OCC2CC2)c1.CC[C@@](O)(Cn1nncc1CCCCC1Cc2cccc(OC)c2NC1=O)c1ccc(F)c(OCC2CC2)c1.COc1cccc2c1NC(=O)CC2.COc1cccc2ccc(=O)[nH]c12.COc1cccc2ccc(Cl)nc12. The van der Waals surface area contributed by atoms with Crippen LogP contribution < -0.4 is 64.7 Å². The Morgan fingerprint density at radius 1 is 0.462 bits per heavy atom. The minimum atomic E-state index is -1.25. The molecule has 0 spiro atoms. The van der Waals surface area contributed by atoms with Crippen molar-refractivity contribution in [2.75, 3.05) is 81.6 Å². The van der Waals surface area contributed by atoms with Crippen molar-refractivity contribution in [3.8, 4) is 70.7 Å². The van der Waals surface area contributed by atoms with E-state index >= 15 is 0 Å². The molecule has 756 valence electrons. The van der Waals surface area contributed by atoms with Crippen molar-refractivity contribution in [3.63, 3.8) is 0 Å². The number of benzene rings is 8. The van der Waals surface area contributed by atoms with Gasteiger partial charge < -0.3 is 74.4 Å². The van der Waals surface area contributed by atoms with Crippen LogP contribution in [0.25, 0.3) is 21.8 Å². The summed E-state index contributed by atoms with van der Waals surface area (Å²) >= 11 is 8.14. The van der Waals surface area contributed by atoms with Gasteiger partial charge in [-0.15, -0.1) is 34.9 Å². The van der Waals surface area contributed by atoms with Crippen LogP contribution in [-0.2, 0) is 82.0 Å². The second-order valence-electron chi connectivity index (χ2n) is 36.2. The zero-order valence-corrected chi connectivity index (χ0v) is 85.5. The number of aromatic nitrogens is 8. The van der Waals surface area contributed by atoms with E-state index in [0.29, 0.717) is 90.7 Å². The number of halogens is 4. The first-order valence-corrected chi connectivity index (χ1v) is 50.9. The van der Waals surface area contributed by atoms with Gasteiger partial charge in [-0.1, -0.05) is 163 Å². The van der Waals surface area contributed by atoms with E-state index < -0.39 is 22.8 Å². The molecule has 4 amide bonds. The number of alkyl halides is 1. The summed E-state index contributed by atoms with van der Waals surface area (Å²) in [4.78, 5) is 66.6. The number of hydrogen-bond donors (Lipinski definition) is 7. The molecule has 4 aliphatic heterocycles. The Balaban J connectivity index is 0.000000161. The van der Waals surface area contributed by atoms with E-state index in [1.165, 1.54) is 35.5 Å². The van der Waals surface area contributed by atoms with Gasteiger partial charge in [-0.05, 0) is 257 Å². The van der Waals surface area contributed by atoms with Gasteiger partial charge in [0.05, 0.1) is 121 Å². The molecule has 2 aliphatic carbocycles. The summed E-state index contributed by atoms with van der Waals surface area (Å²) < 4.78 is 76.2. The largest absolute Gasteiger partial charge is 0.495 e. The topological polar surface area (TPSA) is 338 Å². The summed E-state index contributed by atoms with van der Waals surface area (Å²) in [5, 5.41) is 54.1. The Morgan fingerprint density at radius 3 is 1.29 bits per heavy atom. The van der Waals surface area contributed by atoms with Gasteiger partial charge in [0.25, 0.3) is 0 Å². The number of carbonyl (C=O) groups excluding carboxylic acids is 4. The monoisotopic (exact) mass is 2080 g/mol. The predicted molar refractivity (Wildman–Crippen MR) is 562 cm³/mol. The van der Waals surface area contributed by atoms with E-state index in [2.05, 4.69) is 86.3 Å². The van der Waals surface area contributed by atoms with E-state index in [-0.39, 0.29) is 71.5 Å². The molecule has 8 aromatic carbocycles. The molecule has 0 bridgehead atoms. The van der Waals surface area contributed by atoms with Crippen LogP contribution in [0.3, 0.4) is 0 Å². The summed E-state index contributed by atoms with van der Waals surface area (Å²) in [5.74, 6) is 10.2. The number of aryl methyl sites for hydroxylation is 3. The number of para-hydroxylation sites is 6. The maximum absolute atomic E-state index is 14.3. The number of hydrogen-bond acceptors (Lipinski definition) is 20. The van der Waals surface area contributed by atoms with Crippen LogP contribution in [0.4, 0.5) is 31.5 Å². The molecule has 12 aromatic rings. The molecular weight excluding hydrogens is 1950 g/mol. The minimum Gasteiger partial charge on any atom is -0.495 e. The van der Waals surface area contributed by atoms with E-state index in [1.807, 2.05) is 129 Å². The molecule has 3 unspecified atom stereocenters. The number of pyridine rings is 2. The molecule has 31 heteroatoms. The molecule has 0 radical (unpaired) electrons. The Morgan fingerprint density at radius 2 is 0.860 bits per heavy atom. The highest BCUT2D eigenvalue weighted by molar-refractivity contribution is 14.1. The van der Waals surface area contributed by atoms with Crippen molar-refractivity contribution >= 4 is 102 Å². The van der Waals surface area contributed by atoms with Gasteiger partial charge in [0.1, 0.15) is 56.4 Å². The third-order valence-corrected chi connectivity index (χ3v) is 27.2. The molecule has 18 rings (SSSR count). The highest BCUT2D eigenvalue weighted by Crippen LogP contribution is 2.42. The van der Waals surface area contributed by atoms with Gasteiger partial charge in [0.15, 0.2) is 23.1 Å². The lowest BCUT2D eigenvalue weighted by Gasteiger charge is -2.28. The third-order valence-electron chi connectivity index (χ3n) is 26.2. The second-order valence-corrected chi connectivity index (χ2v) is 37.7. The van der Waals surface area contributed by atoms with E-state index in [9.17, 15) is 43.0 Å². The van der Waals surface area contributed by atoms with Crippen LogP contribution in [0.5, 0.6) is 46.0 Å². The van der Waals surface area contributed by atoms with Crippen LogP contribution in [0.2, 0.25) is 5.15 Å². The first-order chi connectivity index (χ1) is 69.4. The molecule has 27 nitrogen and oxygen atoms in total. The number of aromatic amines is 1. The molecule has 2 fully saturated rings. The quantitative estimate of drug-likeness (QED) is 0.00625. The lowest BCUT2D eigenvalue weighted by Crippen LogP contribution is -2.32. The predicted octanol–water partition coefficient (Wildman–Crippen LogP) is 21.3. The Kier molecular flexibility index (Phi) is 41.3. The summed E-state index contributed by atoms with van der Waals surface area (Å²) in [5.41, 5.74) is 9.69. The minimum absolute atomic E-state index is 0.0338. The number of nitrogens with zero attached hydrogens (tertiary/aromatic N) is 7. The second kappa shape index (κ2) is 54.4. The summed E-state index contributed by atoms with van der Waals surface area (Å²) in [7, 11) is 9.65. The number of rotatable bonds is 37. The Hall–Kier alpha value is -13.1. The fraction of sp³-hybridized carbons (Fsp3) is 0.411. The number of ether oxygens (including phenoxy) is 8. The molecule has 4 aromatic heterocycles. The highest BCUT2D eigenvalue weighted by Gasteiger charge is 2.36. The molecule has 6 aliphatic rings. The summed E-state index contributed by atoms with van der Waals surface area (Å²) in [6.45, 7) is 5.20. The van der Waals surface area contributed by atoms with Gasteiger partial charge in [0, 0.05) is 53.9 Å². The van der Waals surface area contributed by atoms with E-state index in [1.54, 1.807) is 101 Å². The zero-order valence-electron chi connectivity index (χ0n) is 82.6. The smallest absolute Gasteiger partial charge is 0.248 e. The molecular formula is C112H130ClF2IN12O15. The number of H-pyrrole nitrogens is 1. The first kappa shape index (κ1) is 109. The van der Waals surface area contributed by atoms with Crippen molar-refractivity contribution in [2.24, 2.45) is 29.6 Å². The number of anilines is 4. The molecule has 2 saturated carbocycles. The first-order valence-electron chi connectivity index (χ1n) is 49.0. The number of nitrogens with one attached hydrogen (secondary N) is 5. The standard InChI is InChI=1S/2C30H37FN4O4.C16H19NO2.C10H8ClNO.C10H11NO2.C10H9NO2.C6H9I/c2*1-3-30(37,23-13-14-25(31)27(16-23)39-18-20-11-12-20)19-35-24(17-32-34-35)9-5-4-7-22-15-21-8-6-10-26(38-2)28(21)33-29(22)36;1-3-4-5-6-8-13-11-12-9-7-10-14(19-2)15(12)17-16(13)18;1-13-8-4-2-3-7-5-6-9(11)12-10(7)8;2*1-13-8-4-2-3-7-5-6-9(12)11-10(7)8;1-2-3-4-5-6-7/h2*6,8,10,13-14,16-17,20,22,37H,3-5,7,9,11-12,15,18-19H2,1-2H3,(H,33,36);1,7,9-10,13H,4-6,8,11H2,2H3,(H,17,18);2-6H,1H3;2-4H,5-6H2,1H3,(H,11,12);2-6H,1H3,(H,11,12);1H,3-6H2/t2*22?,30-;;;;;/m11...../s1. The number of terminal acetylenes is 2. The molecule has 7 N–H and O–H groups in total. The molecule has 0 saturated heterocycles. The van der Waals surface area contributed by atoms with Crippen LogP contribution in [0, 0.1) is 65.9 Å². The van der Waals surface area contributed by atoms with Gasteiger partial charge in [-0.25, -0.2) is 23.1 Å². The average molecular weight is 2080 g/mol. The van der Waals surface area contributed by atoms with Crippen molar-refractivity contribution in [1.82, 2.24) is 40.0 Å². The number of fused-ring (bicyclic) bond motifs is 6. The average Bonchev–Trinajstić information content (AvgIpc) is 1.46. The fourth-order valence-electron chi connectivity index (χ4n) is 17.4. The molecule has 8 heterocycles. The maximum atomic E-state index is 14.3. The number of amides is 4. The van der Waals surface area contributed by atoms with Crippen LogP contribution in [0.1, 0.15) is 187 Å². The van der Waals surface area contributed by atoms with Crippen molar-refractivity contribution in [3.05, 3.63) is 254 Å². The van der Waals surface area contributed by atoms with Crippen molar-refractivity contribution in [1.29, 1.82) is 0 Å². The van der Waals surface area contributed by atoms with Gasteiger partial charge >= 0.3 is 0 Å². The van der Waals surface area contributed by atoms with Gasteiger partial charge in [-0.2, -0.15) is 0 Å².